The van der Waals surface area contributed by atoms with Gasteiger partial charge in [0, 0.05) is 38.0 Å². The molecule has 1 aliphatic rings. The van der Waals surface area contributed by atoms with Gasteiger partial charge in [0.25, 0.3) is 0 Å². The Kier molecular flexibility index (Phi) is 5.10. The monoisotopic (exact) mass is 333 g/mol. The van der Waals surface area contributed by atoms with Gasteiger partial charge in [-0.25, -0.2) is 9.37 Å². The van der Waals surface area contributed by atoms with Gasteiger partial charge < -0.3 is 19.3 Å². The highest BCUT2D eigenvalue weighted by Gasteiger charge is 2.28. The Labute approximate surface area is 139 Å². The number of aromatic nitrogens is 2. The number of rotatable bonds is 4. The first-order chi connectivity index (χ1) is 11.6. The molecular weight excluding hydrogens is 313 g/mol. The van der Waals surface area contributed by atoms with Crippen LogP contribution in [-0.4, -0.2) is 50.8 Å². The highest BCUT2D eigenvalue weighted by Crippen LogP contribution is 2.20. The molecule has 7 heteroatoms. The molecule has 0 aliphatic carbocycles. The minimum absolute atomic E-state index is 0.0217. The zero-order chi connectivity index (χ0) is 16.9. The summed E-state index contributed by atoms with van der Waals surface area (Å²) in [6.07, 6.45) is 4.73. The molecular formula is C17H20FN3O3. The standard InChI is InChI=1S/C17H20FN3O3/c18-13-2-1-3-14(10-13)24-16-5-8-21(7-4-15(16)22)17(23)11-20-9-6-19-12-20/h1-3,6,9-10,12,15-16,22H,4-5,7-8,11H2/t15-,16-/m0/s1. The van der Waals surface area contributed by atoms with Crippen LogP contribution in [0, 0.1) is 5.82 Å². The zero-order valence-corrected chi connectivity index (χ0v) is 13.2. The van der Waals surface area contributed by atoms with E-state index in [1.165, 1.54) is 12.1 Å². The number of likely N-dealkylation sites (tertiary alicyclic amines) is 1. The third-order valence-corrected chi connectivity index (χ3v) is 4.12. The van der Waals surface area contributed by atoms with Gasteiger partial charge in [0.05, 0.1) is 12.4 Å². The normalized spacial score (nSPS) is 21.3. The molecule has 0 spiro atoms. The van der Waals surface area contributed by atoms with Crippen LogP contribution in [0.15, 0.2) is 43.0 Å². The highest BCUT2D eigenvalue weighted by molar-refractivity contribution is 5.76. The van der Waals surface area contributed by atoms with Crippen molar-refractivity contribution in [2.24, 2.45) is 0 Å². The van der Waals surface area contributed by atoms with E-state index < -0.39 is 12.2 Å². The Bertz CT molecular complexity index is 677. The number of amides is 1. The molecule has 2 atom stereocenters. The Balaban J connectivity index is 1.59. The SMILES string of the molecule is O=C(Cn1ccnc1)N1CC[C@H](Oc2cccc(F)c2)[C@@H](O)CC1. The van der Waals surface area contributed by atoms with Gasteiger partial charge in [-0.15, -0.1) is 0 Å². The highest BCUT2D eigenvalue weighted by atomic mass is 19.1. The third kappa shape index (κ3) is 4.11. The van der Waals surface area contributed by atoms with E-state index in [0.29, 0.717) is 31.7 Å². The summed E-state index contributed by atoms with van der Waals surface area (Å²) < 4.78 is 20.7. The van der Waals surface area contributed by atoms with Crippen LogP contribution in [0.5, 0.6) is 5.75 Å². The van der Waals surface area contributed by atoms with Gasteiger partial charge in [0.15, 0.2) is 0 Å². The molecule has 0 bridgehead atoms. The Morgan fingerprint density at radius 1 is 1.38 bits per heavy atom. The predicted octanol–water partition coefficient (Wildman–Crippen LogP) is 1.45. The average molecular weight is 333 g/mol. The minimum Gasteiger partial charge on any atom is -0.488 e. The molecule has 1 amide bonds. The van der Waals surface area contributed by atoms with Crippen molar-refractivity contribution < 1.29 is 19.0 Å². The van der Waals surface area contributed by atoms with Crippen molar-refractivity contribution in [2.45, 2.75) is 31.6 Å². The molecule has 128 valence electrons. The second-order valence-corrected chi connectivity index (χ2v) is 5.87. The third-order valence-electron chi connectivity index (χ3n) is 4.12. The molecule has 1 saturated heterocycles. The van der Waals surface area contributed by atoms with Crippen LogP contribution in [0.25, 0.3) is 0 Å². The average Bonchev–Trinajstić information content (AvgIpc) is 2.99. The second kappa shape index (κ2) is 7.44. The molecule has 1 aromatic heterocycles. The molecule has 24 heavy (non-hydrogen) atoms. The fraction of sp³-hybridized carbons (Fsp3) is 0.412. The number of benzene rings is 1. The zero-order valence-electron chi connectivity index (χ0n) is 13.2. The number of ether oxygens (including phenoxy) is 1. The lowest BCUT2D eigenvalue weighted by Gasteiger charge is -2.22. The lowest BCUT2D eigenvalue weighted by atomic mass is 10.1. The number of imidazole rings is 1. The number of hydrogen-bond donors (Lipinski definition) is 1. The lowest BCUT2D eigenvalue weighted by Crippen LogP contribution is -2.34. The first kappa shape index (κ1) is 16.4. The molecule has 1 aliphatic heterocycles. The maximum Gasteiger partial charge on any atom is 0.242 e. The number of halogens is 1. The Morgan fingerprint density at radius 2 is 2.21 bits per heavy atom. The number of aliphatic hydroxyl groups is 1. The number of aliphatic hydroxyl groups excluding tert-OH is 1. The molecule has 2 aromatic rings. The van der Waals surface area contributed by atoms with E-state index in [1.807, 2.05) is 0 Å². The molecule has 1 N–H and O–H groups in total. The fourth-order valence-corrected chi connectivity index (χ4v) is 2.80. The smallest absolute Gasteiger partial charge is 0.242 e. The first-order valence-electron chi connectivity index (χ1n) is 7.95. The van der Waals surface area contributed by atoms with E-state index in [2.05, 4.69) is 4.98 Å². The quantitative estimate of drug-likeness (QED) is 0.920. The van der Waals surface area contributed by atoms with Gasteiger partial charge in [-0.3, -0.25) is 4.79 Å². The van der Waals surface area contributed by atoms with Gasteiger partial charge >= 0.3 is 0 Å². The molecule has 0 radical (unpaired) electrons. The molecule has 1 aromatic carbocycles. The van der Waals surface area contributed by atoms with Gasteiger partial charge in [0.1, 0.15) is 24.2 Å². The van der Waals surface area contributed by atoms with Crippen molar-refractivity contribution in [1.29, 1.82) is 0 Å². The van der Waals surface area contributed by atoms with E-state index in [0.717, 1.165) is 0 Å². The van der Waals surface area contributed by atoms with E-state index in [9.17, 15) is 14.3 Å². The van der Waals surface area contributed by atoms with Crippen LogP contribution >= 0.6 is 0 Å². The van der Waals surface area contributed by atoms with Crippen molar-refractivity contribution in [1.82, 2.24) is 14.5 Å². The molecule has 0 unspecified atom stereocenters. The Morgan fingerprint density at radius 3 is 2.96 bits per heavy atom. The van der Waals surface area contributed by atoms with Gasteiger partial charge in [-0.1, -0.05) is 6.07 Å². The van der Waals surface area contributed by atoms with Gasteiger partial charge in [-0.2, -0.15) is 0 Å². The van der Waals surface area contributed by atoms with Crippen LogP contribution in [-0.2, 0) is 11.3 Å². The summed E-state index contributed by atoms with van der Waals surface area (Å²) in [7, 11) is 0. The van der Waals surface area contributed by atoms with E-state index in [4.69, 9.17) is 4.74 Å². The maximum absolute atomic E-state index is 13.2. The van der Waals surface area contributed by atoms with Crippen LogP contribution in [0.4, 0.5) is 4.39 Å². The van der Waals surface area contributed by atoms with Crippen LogP contribution < -0.4 is 4.74 Å². The van der Waals surface area contributed by atoms with Crippen LogP contribution in [0.3, 0.4) is 0 Å². The predicted molar refractivity (Wildman–Crippen MR) is 84.9 cm³/mol. The second-order valence-electron chi connectivity index (χ2n) is 5.87. The summed E-state index contributed by atoms with van der Waals surface area (Å²) in [5.41, 5.74) is 0. The molecule has 1 fully saturated rings. The largest absolute Gasteiger partial charge is 0.488 e. The van der Waals surface area contributed by atoms with Crippen molar-refractivity contribution >= 4 is 5.91 Å². The van der Waals surface area contributed by atoms with E-state index >= 15 is 0 Å². The summed E-state index contributed by atoms with van der Waals surface area (Å²) in [6.45, 7) is 1.19. The topological polar surface area (TPSA) is 67.6 Å². The minimum atomic E-state index is -0.695. The molecule has 0 saturated carbocycles. The molecule has 2 heterocycles. The van der Waals surface area contributed by atoms with Crippen LogP contribution in [0.1, 0.15) is 12.8 Å². The number of nitrogens with zero attached hydrogens (tertiary/aromatic N) is 3. The first-order valence-corrected chi connectivity index (χ1v) is 7.95. The summed E-state index contributed by atoms with van der Waals surface area (Å²) in [5, 5.41) is 10.3. The summed E-state index contributed by atoms with van der Waals surface area (Å²) in [6, 6.07) is 5.85. The summed E-state index contributed by atoms with van der Waals surface area (Å²) >= 11 is 0. The Hall–Kier alpha value is -2.41. The van der Waals surface area contributed by atoms with Crippen molar-refractivity contribution in [2.75, 3.05) is 13.1 Å². The molecule has 6 nitrogen and oxygen atoms in total. The summed E-state index contributed by atoms with van der Waals surface area (Å²) in [4.78, 5) is 18.0. The fourth-order valence-electron chi connectivity index (χ4n) is 2.80. The molecule has 3 rings (SSSR count). The van der Waals surface area contributed by atoms with Crippen LogP contribution in [0.2, 0.25) is 0 Å². The number of carbonyl (C=O) groups excluding carboxylic acids is 1. The number of hydrogen-bond acceptors (Lipinski definition) is 4. The van der Waals surface area contributed by atoms with Crippen molar-refractivity contribution in [3.8, 4) is 5.75 Å². The van der Waals surface area contributed by atoms with Gasteiger partial charge in [0.2, 0.25) is 5.91 Å². The van der Waals surface area contributed by atoms with E-state index in [-0.39, 0.29) is 18.3 Å². The maximum atomic E-state index is 13.2. The van der Waals surface area contributed by atoms with Crippen molar-refractivity contribution in [3.63, 3.8) is 0 Å². The van der Waals surface area contributed by atoms with E-state index in [1.54, 1.807) is 40.3 Å². The lowest BCUT2D eigenvalue weighted by molar-refractivity contribution is -0.131. The van der Waals surface area contributed by atoms with Gasteiger partial charge in [-0.05, 0) is 18.6 Å². The summed E-state index contributed by atoms with van der Waals surface area (Å²) in [5.74, 6) is -0.0170. The van der Waals surface area contributed by atoms with Crippen molar-refractivity contribution in [3.05, 3.63) is 48.8 Å². The number of carbonyl (C=O) groups is 1.